The van der Waals surface area contributed by atoms with Gasteiger partial charge in [-0.15, -0.1) is 0 Å². The van der Waals surface area contributed by atoms with E-state index >= 15 is 0 Å². The Balaban J connectivity index is 2.45. The highest BCUT2D eigenvalue weighted by Gasteiger charge is 2.34. The van der Waals surface area contributed by atoms with Gasteiger partial charge in [-0.2, -0.15) is 0 Å². The third-order valence-corrected chi connectivity index (χ3v) is 3.14. The molecule has 2 atom stereocenters. The number of carbonyl (C=O) groups excluding carboxylic acids is 1. The highest BCUT2D eigenvalue weighted by Crippen LogP contribution is 2.34. The van der Waals surface area contributed by atoms with Gasteiger partial charge in [0, 0.05) is 12.6 Å². The molecule has 0 radical (unpaired) electrons. The van der Waals surface area contributed by atoms with E-state index in [1.807, 2.05) is 7.05 Å². The predicted octanol–water partition coefficient (Wildman–Crippen LogP) is -0.0806. The summed E-state index contributed by atoms with van der Waals surface area (Å²) in [7, 11) is 2.00. The number of rotatable bonds is 5. The topological polar surface area (TPSA) is 72.3 Å². The normalized spacial score (nSPS) is 23.2. The van der Waals surface area contributed by atoms with Crippen molar-refractivity contribution in [1.29, 1.82) is 0 Å². The molecule has 1 rings (SSSR count). The molecule has 1 fully saturated rings. The van der Waals surface area contributed by atoms with Gasteiger partial charge in [-0.05, 0) is 39.7 Å². The SMILES string of the molecule is CC(C1CC1)N(C)CC(C)(N)C(N)=O. The zero-order valence-electron chi connectivity index (χ0n) is 9.29. The molecule has 1 aliphatic rings. The Morgan fingerprint density at radius 2 is 2.14 bits per heavy atom. The fourth-order valence-electron chi connectivity index (χ4n) is 1.68. The van der Waals surface area contributed by atoms with Crippen molar-refractivity contribution in [2.45, 2.75) is 38.3 Å². The Kier molecular flexibility index (Phi) is 3.17. The van der Waals surface area contributed by atoms with Gasteiger partial charge in [0.1, 0.15) is 5.54 Å². The van der Waals surface area contributed by atoms with Crippen LogP contribution in [0.1, 0.15) is 26.7 Å². The number of amides is 1. The summed E-state index contributed by atoms with van der Waals surface area (Å²) in [5, 5.41) is 0. The maximum Gasteiger partial charge on any atom is 0.238 e. The number of primary amides is 1. The van der Waals surface area contributed by atoms with E-state index in [1.165, 1.54) is 12.8 Å². The van der Waals surface area contributed by atoms with Crippen molar-refractivity contribution in [3.63, 3.8) is 0 Å². The molecule has 0 heterocycles. The third kappa shape index (κ3) is 2.69. The zero-order valence-corrected chi connectivity index (χ0v) is 9.29. The zero-order chi connectivity index (χ0) is 10.9. The molecule has 0 bridgehead atoms. The smallest absolute Gasteiger partial charge is 0.238 e. The van der Waals surface area contributed by atoms with Gasteiger partial charge in [-0.3, -0.25) is 4.79 Å². The number of carbonyl (C=O) groups is 1. The fraction of sp³-hybridized carbons (Fsp3) is 0.900. The molecular formula is C10H21N3O. The van der Waals surface area contributed by atoms with Gasteiger partial charge in [0.25, 0.3) is 0 Å². The molecule has 1 amide bonds. The van der Waals surface area contributed by atoms with Gasteiger partial charge in [-0.1, -0.05) is 0 Å². The Morgan fingerprint density at radius 3 is 2.50 bits per heavy atom. The monoisotopic (exact) mass is 199 g/mol. The van der Waals surface area contributed by atoms with Crippen LogP contribution in [0.25, 0.3) is 0 Å². The highest BCUT2D eigenvalue weighted by atomic mass is 16.1. The fourth-order valence-corrected chi connectivity index (χ4v) is 1.68. The first-order valence-electron chi connectivity index (χ1n) is 5.13. The predicted molar refractivity (Wildman–Crippen MR) is 56.6 cm³/mol. The molecule has 4 N–H and O–H groups in total. The molecule has 1 aliphatic carbocycles. The van der Waals surface area contributed by atoms with Gasteiger partial charge in [-0.25, -0.2) is 0 Å². The second kappa shape index (κ2) is 3.87. The number of hydrogen-bond donors (Lipinski definition) is 2. The molecule has 0 aromatic rings. The Morgan fingerprint density at radius 1 is 1.64 bits per heavy atom. The molecule has 82 valence electrons. The van der Waals surface area contributed by atoms with E-state index in [0.29, 0.717) is 12.6 Å². The number of likely N-dealkylation sites (N-methyl/N-ethyl adjacent to an activating group) is 1. The van der Waals surface area contributed by atoms with E-state index < -0.39 is 11.4 Å². The number of hydrogen-bond acceptors (Lipinski definition) is 3. The number of nitrogens with two attached hydrogens (primary N) is 2. The van der Waals surface area contributed by atoms with Crippen molar-refractivity contribution in [2.24, 2.45) is 17.4 Å². The first-order chi connectivity index (χ1) is 6.34. The Labute approximate surface area is 85.6 Å². The van der Waals surface area contributed by atoms with Crippen LogP contribution in [0, 0.1) is 5.92 Å². The standard InChI is InChI=1S/C10H21N3O/c1-7(8-4-5-8)13(3)6-10(2,12)9(11)14/h7-8H,4-6,12H2,1-3H3,(H2,11,14). The van der Waals surface area contributed by atoms with Gasteiger partial charge in [0.05, 0.1) is 0 Å². The second-order valence-electron chi connectivity index (χ2n) is 4.77. The van der Waals surface area contributed by atoms with Crippen LogP contribution in [0.4, 0.5) is 0 Å². The summed E-state index contributed by atoms with van der Waals surface area (Å²) in [5.74, 6) is 0.344. The summed E-state index contributed by atoms with van der Waals surface area (Å²) in [6.07, 6.45) is 2.59. The van der Waals surface area contributed by atoms with Gasteiger partial charge < -0.3 is 16.4 Å². The van der Waals surface area contributed by atoms with Gasteiger partial charge >= 0.3 is 0 Å². The summed E-state index contributed by atoms with van der Waals surface area (Å²) < 4.78 is 0. The summed E-state index contributed by atoms with van der Waals surface area (Å²) >= 11 is 0. The van der Waals surface area contributed by atoms with E-state index in [2.05, 4.69) is 11.8 Å². The minimum Gasteiger partial charge on any atom is -0.368 e. The number of nitrogens with zero attached hydrogens (tertiary/aromatic N) is 1. The van der Waals surface area contributed by atoms with Crippen molar-refractivity contribution >= 4 is 5.91 Å². The van der Waals surface area contributed by atoms with E-state index in [-0.39, 0.29) is 0 Å². The van der Waals surface area contributed by atoms with Crippen LogP contribution in [0.15, 0.2) is 0 Å². The molecule has 2 unspecified atom stereocenters. The molecule has 0 spiro atoms. The van der Waals surface area contributed by atoms with Crippen LogP contribution >= 0.6 is 0 Å². The lowest BCUT2D eigenvalue weighted by Crippen LogP contribution is -2.57. The van der Waals surface area contributed by atoms with Crippen LogP contribution in [-0.4, -0.2) is 36.0 Å². The molecule has 4 nitrogen and oxygen atoms in total. The quantitative estimate of drug-likeness (QED) is 0.650. The van der Waals surface area contributed by atoms with Crippen molar-refractivity contribution in [2.75, 3.05) is 13.6 Å². The van der Waals surface area contributed by atoms with Gasteiger partial charge in [0.2, 0.25) is 5.91 Å². The molecule has 0 aliphatic heterocycles. The molecular weight excluding hydrogens is 178 g/mol. The summed E-state index contributed by atoms with van der Waals surface area (Å²) in [4.78, 5) is 13.2. The van der Waals surface area contributed by atoms with Crippen molar-refractivity contribution in [3.05, 3.63) is 0 Å². The van der Waals surface area contributed by atoms with Crippen LogP contribution in [0.3, 0.4) is 0 Å². The minimum atomic E-state index is -0.919. The van der Waals surface area contributed by atoms with Crippen LogP contribution in [0.5, 0.6) is 0 Å². The van der Waals surface area contributed by atoms with Crippen molar-refractivity contribution in [1.82, 2.24) is 4.90 Å². The Bertz CT molecular complexity index is 223. The average molecular weight is 199 g/mol. The minimum absolute atomic E-state index is 0.438. The maximum absolute atomic E-state index is 11.0. The average Bonchev–Trinajstić information content (AvgIpc) is 2.84. The first-order valence-corrected chi connectivity index (χ1v) is 5.13. The van der Waals surface area contributed by atoms with Crippen LogP contribution < -0.4 is 11.5 Å². The lowest BCUT2D eigenvalue weighted by Gasteiger charge is -2.31. The third-order valence-electron chi connectivity index (χ3n) is 3.14. The molecule has 0 saturated heterocycles. The van der Waals surface area contributed by atoms with Gasteiger partial charge in [0.15, 0.2) is 0 Å². The molecule has 14 heavy (non-hydrogen) atoms. The van der Waals surface area contributed by atoms with E-state index in [9.17, 15) is 4.79 Å². The lowest BCUT2D eigenvalue weighted by atomic mass is 10.0. The van der Waals surface area contributed by atoms with Crippen molar-refractivity contribution < 1.29 is 4.79 Å². The highest BCUT2D eigenvalue weighted by molar-refractivity contribution is 5.84. The largest absolute Gasteiger partial charge is 0.368 e. The van der Waals surface area contributed by atoms with E-state index in [1.54, 1.807) is 6.92 Å². The summed E-state index contributed by atoms with van der Waals surface area (Å²) in [5.41, 5.74) is 10.1. The maximum atomic E-state index is 11.0. The summed E-state index contributed by atoms with van der Waals surface area (Å²) in [6.45, 7) is 4.39. The first kappa shape index (κ1) is 11.5. The molecule has 0 aromatic heterocycles. The lowest BCUT2D eigenvalue weighted by molar-refractivity contribution is -0.123. The van der Waals surface area contributed by atoms with E-state index in [4.69, 9.17) is 11.5 Å². The summed E-state index contributed by atoms with van der Waals surface area (Å²) in [6, 6.07) is 0.497. The Hall–Kier alpha value is -0.610. The van der Waals surface area contributed by atoms with E-state index in [0.717, 1.165) is 5.92 Å². The second-order valence-corrected chi connectivity index (χ2v) is 4.77. The molecule has 1 saturated carbocycles. The van der Waals surface area contributed by atoms with Crippen molar-refractivity contribution in [3.8, 4) is 0 Å². The van der Waals surface area contributed by atoms with Crippen LogP contribution in [0.2, 0.25) is 0 Å². The molecule has 0 aromatic carbocycles. The van der Waals surface area contributed by atoms with Crippen LogP contribution in [-0.2, 0) is 4.79 Å². The molecule has 4 heteroatoms.